The molecule has 1 atom stereocenters. The van der Waals surface area contributed by atoms with Crippen molar-refractivity contribution >= 4 is 17.5 Å². The van der Waals surface area contributed by atoms with E-state index in [1.807, 2.05) is 37.3 Å². The number of hydrogen-bond acceptors (Lipinski definition) is 4. The number of carbonyl (C=O) groups is 2. The molecule has 0 radical (unpaired) electrons. The number of amides is 2. The van der Waals surface area contributed by atoms with Crippen LogP contribution in [-0.2, 0) is 16.1 Å². The molecule has 3 rings (SSSR count). The Hall–Kier alpha value is -2.63. The molecular formula is C17H19N3O3. The van der Waals surface area contributed by atoms with E-state index in [0.717, 1.165) is 5.69 Å². The van der Waals surface area contributed by atoms with Crippen molar-refractivity contribution < 1.29 is 14.1 Å². The Morgan fingerprint density at radius 1 is 1.39 bits per heavy atom. The molecule has 1 aliphatic heterocycles. The Morgan fingerprint density at radius 2 is 2.13 bits per heavy atom. The van der Waals surface area contributed by atoms with Gasteiger partial charge in [-0.15, -0.1) is 0 Å². The number of rotatable bonds is 4. The maximum Gasteiger partial charge on any atom is 0.228 e. The molecule has 0 spiro atoms. The molecule has 2 heterocycles. The third-order valence-corrected chi connectivity index (χ3v) is 3.99. The molecule has 23 heavy (non-hydrogen) atoms. The van der Waals surface area contributed by atoms with Gasteiger partial charge in [0.05, 0.1) is 12.5 Å². The molecule has 0 bridgehead atoms. The lowest BCUT2D eigenvalue weighted by Crippen LogP contribution is -2.34. The quantitative estimate of drug-likeness (QED) is 0.866. The van der Waals surface area contributed by atoms with Gasteiger partial charge in [0.1, 0.15) is 11.5 Å². The summed E-state index contributed by atoms with van der Waals surface area (Å²) in [5, 5.41) is 3.90. The van der Waals surface area contributed by atoms with Crippen LogP contribution in [0.15, 0.2) is 40.9 Å². The zero-order chi connectivity index (χ0) is 16.4. The van der Waals surface area contributed by atoms with Gasteiger partial charge in [-0.1, -0.05) is 23.4 Å². The zero-order valence-electron chi connectivity index (χ0n) is 13.2. The highest BCUT2D eigenvalue weighted by atomic mass is 16.5. The minimum absolute atomic E-state index is 0.0137. The third kappa shape index (κ3) is 3.26. The van der Waals surface area contributed by atoms with Gasteiger partial charge in [-0.3, -0.25) is 9.59 Å². The Bertz CT molecular complexity index is 711. The van der Waals surface area contributed by atoms with E-state index in [1.165, 1.54) is 0 Å². The van der Waals surface area contributed by atoms with Crippen molar-refractivity contribution in [2.24, 2.45) is 5.92 Å². The molecule has 6 nitrogen and oxygen atoms in total. The van der Waals surface area contributed by atoms with E-state index in [9.17, 15) is 9.59 Å². The van der Waals surface area contributed by atoms with Crippen LogP contribution < -0.4 is 4.90 Å². The highest BCUT2D eigenvalue weighted by Gasteiger charge is 2.36. The molecule has 1 unspecified atom stereocenters. The number of benzene rings is 1. The van der Waals surface area contributed by atoms with Gasteiger partial charge in [-0.2, -0.15) is 0 Å². The first-order chi connectivity index (χ1) is 11.0. The van der Waals surface area contributed by atoms with E-state index in [4.69, 9.17) is 4.52 Å². The average Bonchev–Trinajstić information content (AvgIpc) is 3.13. The largest absolute Gasteiger partial charge is 0.361 e. The second kappa shape index (κ2) is 6.24. The summed E-state index contributed by atoms with van der Waals surface area (Å²) in [4.78, 5) is 28.0. The smallest absolute Gasteiger partial charge is 0.228 e. The number of hydrogen-bond donors (Lipinski definition) is 0. The van der Waals surface area contributed by atoms with E-state index >= 15 is 0 Å². The van der Waals surface area contributed by atoms with E-state index in [-0.39, 0.29) is 24.2 Å². The number of para-hydroxylation sites is 1. The first-order valence-electron chi connectivity index (χ1n) is 7.57. The summed E-state index contributed by atoms with van der Waals surface area (Å²) in [6.45, 7) is 2.61. The molecule has 0 N–H and O–H groups in total. The Balaban J connectivity index is 1.65. The summed E-state index contributed by atoms with van der Waals surface area (Å²) in [5.74, 6) is 0.338. The fourth-order valence-electron chi connectivity index (χ4n) is 2.86. The normalized spacial score (nSPS) is 17.6. The fraction of sp³-hybridized carbons (Fsp3) is 0.353. The Morgan fingerprint density at radius 3 is 2.78 bits per heavy atom. The average molecular weight is 313 g/mol. The van der Waals surface area contributed by atoms with Crippen LogP contribution in [0.2, 0.25) is 0 Å². The molecule has 1 aromatic carbocycles. The first kappa shape index (κ1) is 15.3. The molecule has 6 heteroatoms. The highest BCUT2D eigenvalue weighted by molar-refractivity contribution is 6.00. The third-order valence-electron chi connectivity index (χ3n) is 3.99. The lowest BCUT2D eigenvalue weighted by Gasteiger charge is -2.20. The molecule has 1 aliphatic rings. The molecular weight excluding hydrogens is 294 g/mol. The highest BCUT2D eigenvalue weighted by Crippen LogP contribution is 2.26. The monoisotopic (exact) mass is 313 g/mol. The van der Waals surface area contributed by atoms with Crippen molar-refractivity contribution in [2.75, 3.05) is 18.5 Å². The van der Waals surface area contributed by atoms with Gasteiger partial charge in [-0.25, -0.2) is 0 Å². The maximum atomic E-state index is 12.6. The minimum Gasteiger partial charge on any atom is -0.361 e. The van der Waals surface area contributed by atoms with Crippen molar-refractivity contribution in [3.63, 3.8) is 0 Å². The molecule has 2 amide bonds. The molecule has 120 valence electrons. The minimum atomic E-state index is -0.319. The molecule has 2 aromatic rings. The van der Waals surface area contributed by atoms with Crippen molar-refractivity contribution in [3.05, 3.63) is 47.9 Å². The van der Waals surface area contributed by atoms with Crippen LogP contribution in [-0.4, -0.2) is 35.5 Å². The summed E-state index contributed by atoms with van der Waals surface area (Å²) in [5.41, 5.74) is 1.55. The van der Waals surface area contributed by atoms with Gasteiger partial charge in [0.15, 0.2) is 0 Å². The van der Waals surface area contributed by atoms with E-state index < -0.39 is 0 Å². The van der Waals surface area contributed by atoms with Crippen LogP contribution >= 0.6 is 0 Å². The maximum absolute atomic E-state index is 12.6. The van der Waals surface area contributed by atoms with Gasteiger partial charge in [-0.05, 0) is 19.1 Å². The molecule has 1 fully saturated rings. The second-order valence-electron chi connectivity index (χ2n) is 5.86. The van der Waals surface area contributed by atoms with Crippen LogP contribution in [0.4, 0.5) is 5.69 Å². The van der Waals surface area contributed by atoms with Crippen molar-refractivity contribution in [2.45, 2.75) is 19.9 Å². The van der Waals surface area contributed by atoms with Crippen molar-refractivity contribution in [1.29, 1.82) is 0 Å². The molecule has 1 saturated heterocycles. The topological polar surface area (TPSA) is 66.7 Å². The summed E-state index contributed by atoms with van der Waals surface area (Å²) in [6.07, 6.45) is 0.246. The van der Waals surface area contributed by atoms with Crippen molar-refractivity contribution in [3.8, 4) is 0 Å². The number of anilines is 1. The first-order valence-corrected chi connectivity index (χ1v) is 7.57. The van der Waals surface area contributed by atoms with Crippen LogP contribution in [0.25, 0.3) is 0 Å². The predicted molar refractivity (Wildman–Crippen MR) is 84.6 cm³/mol. The van der Waals surface area contributed by atoms with E-state index in [1.54, 1.807) is 22.9 Å². The van der Waals surface area contributed by atoms with Crippen LogP contribution in [0, 0.1) is 12.8 Å². The number of nitrogens with zero attached hydrogens (tertiary/aromatic N) is 3. The van der Waals surface area contributed by atoms with Gasteiger partial charge in [0, 0.05) is 31.8 Å². The van der Waals surface area contributed by atoms with Gasteiger partial charge < -0.3 is 14.3 Å². The fourth-order valence-corrected chi connectivity index (χ4v) is 2.86. The summed E-state index contributed by atoms with van der Waals surface area (Å²) in [7, 11) is 1.72. The van der Waals surface area contributed by atoms with Gasteiger partial charge in [0.25, 0.3) is 0 Å². The Kier molecular flexibility index (Phi) is 4.14. The lowest BCUT2D eigenvalue weighted by atomic mass is 10.1. The predicted octanol–water partition coefficient (Wildman–Crippen LogP) is 1.99. The van der Waals surface area contributed by atoms with Gasteiger partial charge >= 0.3 is 0 Å². The molecule has 0 saturated carbocycles. The van der Waals surface area contributed by atoms with E-state index in [0.29, 0.717) is 24.5 Å². The summed E-state index contributed by atoms with van der Waals surface area (Å²) >= 11 is 0. The number of carbonyl (C=O) groups excluding carboxylic acids is 2. The summed E-state index contributed by atoms with van der Waals surface area (Å²) in [6, 6.07) is 11.2. The van der Waals surface area contributed by atoms with Crippen LogP contribution in [0.1, 0.15) is 17.9 Å². The van der Waals surface area contributed by atoms with Crippen molar-refractivity contribution in [1.82, 2.24) is 10.1 Å². The standard InChI is InChI=1S/C17H19N3O3/c1-12-8-14(18-23-12)11-19(2)17(22)13-9-16(21)20(10-13)15-6-4-3-5-7-15/h3-8,13H,9-11H2,1-2H3. The van der Waals surface area contributed by atoms with Crippen LogP contribution in [0.3, 0.4) is 0 Å². The summed E-state index contributed by atoms with van der Waals surface area (Å²) < 4.78 is 5.01. The lowest BCUT2D eigenvalue weighted by molar-refractivity contribution is -0.135. The number of aryl methyl sites for hydroxylation is 1. The molecule has 0 aliphatic carbocycles. The van der Waals surface area contributed by atoms with Gasteiger partial charge in [0.2, 0.25) is 11.8 Å². The second-order valence-corrected chi connectivity index (χ2v) is 5.86. The molecule has 1 aromatic heterocycles. The Labute approximate surface area is 134 Å². The SMILES string of the molecule is Cc1cc(CN(C)C(=O)C2CC(=O)N(c3ccccc3)C2)no1. The number of aromatic nitrogens is 1. The zero-order valence-corrected chi connectivity index (χ0v) is 13.2. The van der Waals surface area contributed by atoms with E-state index in [2.05, 4.69) is 5.16 Å². The van der Waals surface area contributed by atoms with Crippen LogP contribution in [0.5, 0.6) is 0 Å².